The van der Waals surface area contributed by atoms with Crippen LogP contribution in [0.1, 0.15) is 33.5 Å². The fourth-order valence-corrected chi connectivity index (χ4v) is 3.55. The van der Waals surface area contributed by atoms with Crippen LogP contribution in [0.4, 0.5) is 23.4 Å². The van der Waals surface area contributed by atoms with Crippen LogP contribution in [-0.4, -0.2) is 10.9 Å². The first-order valence-corrected chi connectivity index (χ1v) is 9.08. The Kier molecular flexibility index (Phi) is 4.82. The number of nitrogens with zero attached hydrogens (tertiary/aromatic N) is 1. The number of aromatic nitrogens is 1. The molecule has 3 aromatic rings. The second-order valence-corrected chi connectivity index (χ2v) is 6.88. The predicted molar refractivity (Wildman–Crippen MR) is 101 cm³/mol. The lowest BCUT2D eigenvalue weighted by molar-refractivity contribution is -0.137. The molecule has 0 radical (unpaired) electrons. The van der Waals surface area contributed by atoms with Gasteiger partial charge in [0.25, 0.3) is 5.91 Å². The van der Waals surface area contributed by atoms with E-state index in [-0.39, 0.29) is 16.9 Å². The van der Waals surface area contributed by atoms with Crippen LogP contribution in [0.3, 0.4) is 0 Å². The zero-order valence-corrected chi connectivity index (χ0v) is 15.2. The number of aryl methyl sites for hydroxylation is 2. The van der Waals surface area contributed by atoms with Crippen LogP contribution >= 0.6 is 0 Å². The number of carbonyl (C=O) groups excluding carboxylic acids is 1. The topological polar surface area (TPSA) is 42.0 Å². The molecule has 1 N–H and O–H groups in total. The minimum Gasteiger partial charge on any atom is -0.306 e. The summed E-state index contributed by atoms with van der Waals surface area (Å²) in [5, 5.41) is 2.45. The van der Waals surface area contributed by atoms with Gasteiger partial charge in [-0.2, -0.15) is 13.2 Å². The molecule has 0 saturated carbocycles. The number of hydrogen-bond acceptors (Lipinski definition) is 2. The average Bonchev–Trinajstić information content (AvgIpc) is 3.15. The third-order valence-corrected chi connectivity index (χ3v) is 4.97. The molecule has 4 rings (SSSR count). The highest BCUT2D eigenvalue weighted by Gasteiger charge is 2.35. The van der Waals surface area contributed by atoms with Gasteiger partial charge in [0, 0.05) is 11.8 Å². The molecule has 0 atom stereocenters. The lowest BCUT2D eigenvalue weighted by Gasteiger charge is -2.16. The van der Waals surface area contributed by atoms with Crippen molar-refractivity contribution in [1.29, 1.82) is 0 Å². The van der Waals surface area contributed by atoms with Crippen molar-refractivity contribution in [3.8, 4) is 11.1 Å². The van der Waals surface area contributed by atoms with Gasteiger partial charge in [-0.05, 0) is 66.3 Å². The van der Waals surface area contributed by atoms with Gasteiger partial charge in [-0.25, -0.2) is 9.37 Å². The number of pyridine rings is 1. The number of halogens is 4. The number of fused-ring (bicyclic) bond motifs is 1. The third-order valence-electron chi connectivity index (χ3n) is 4.97. The normalized spacial score (nSPS) is 13.2. The maximum atomic E-state index is 13.7. The van der Waals surface area contributed by atoms with Crippen LogP contribution in [0.25, 0.3) is 11.1 Å². The molecule has 1 heterocycles. The summed E-state index contributed by atoms with van der Waals surface area (Å²) in [6.07, 6.45) is -0.953. The monoisotopic (exact) mass is 400 g/mol. The summed E-state index contributed by atoms with van der Waals surface area (Å²) < 4.78 is 54.4. The summed E-state index contributed by atoms with van der Waals surface area (Å²) in [5.74, 6) is -1.23. The lowest BCUT2D eigenvalue weighted by Crippen LogP contribution is -2.14. The van der Waals surface area contributed by atoms with Crippen LogP contribution in [0.15, 0.2) is 54.7 Å². The molecule has 0 bridgehead atoms. The Bertz CT molecular complexity index is 1080. The van der Waals surface area contributed by atoms with E-state index < -0.39 is 23.5 Å². The average molecular weight is 400 g/mol. The van der Waals surface area contributed by atoms with Crippen molar-refractivity contribution in [2.24, 2.45) is 0 Å². The molecule has 148 valence electrons. The molecule has 0 unspecified atom stereocenters. The van der Waals surface area contributed by atoms with Crippen LogP contribution < -0.4 is 5.32 Å². The van der Waals surface area contributed by atoms with E-state index in [1.165, 1.54) is 42.6 Å². The van der Waals surface area contributed by atoms with Gasteiger partial charge in [-0.1, -0.05) is 18.2 Å². The molecule has 0 saturated heterocycles. The first kappa shape index (κ1) is 19.1. The number of hydrogen-bond donors (Lipinski definition) is 1. The van der Waals surface area contributed by atoms with Gasteiger partial charge in [-0.15, -0.1) is 0 Å². The largest absolute Gasteiger partial charge is 0.417 e. The smallest absolute Gasteiger partial charge is 0.306 e. The Hall–Kier alpha value is -3.22. The fourth-order valence-electron chi connectivity index (χ4n) is 3.55. The molecule has 1 aliphatic carbocycles. The standard InChI is InChI=1S/C22H16F4N2O/c23-19-7-2-1-6-16(19)21(29)28-20-9-8-15(12-27-20)17-10-13-4-3-5-14(13)11-18(17)22(24,25)26/h1-2,6-12H,3-5H2,(H,27,28,29). The minimum atomic E-state index is -4.48. The summed E-state index contributed by atoms with van der Waals surface area (Å²) >= 11 is 0. The second kappa shape index (κ2) is 7.31. The van der Waals surface area contributed by atoms with Gasteiger partial charge in [-0.3, -0.25) is 4.79 Å². The second-order valence-electron chi connectivity index (χ2n) is 6.88. The van der Waals surface area contributed by atoms with Gasteiger partial charge in [0.2, 0.25) is 0 Å². The number of nitrogens with one attached hydrogen (secondary N) is 1. The number of anilines is 1. The molecular weight excluding hydrogens is 384 g/mol. The SMILES string of the molecule is O=C(Nc1ccc(-c2cc3c(cc2C(F)(F)F)CCC3)cn1)c1ccccc1F. The van der Waals surface area contributed by atoms with Gasteiger partial charge < -0.3 is 5.32 Å². The van der Waals surface area contributed by atoms with Crippen LogP contribution in [0, 0.1) is 5.82 Å². The summed E-state index contributed by atoms with van der Waals surface area (Å²) in [5.41, 5.74) is 1.20. The first-order chi connectivity index (χ1) is 13.8. The number of carbonyl (C=O) groups is 1. The van der Waals surface area contributed by atoms with Crippen LogP contribution in [0.5, 0.6) is 0 Å². The highest BCUT2D eigenvalue weighted by atomic mass is 19.4. The number of rotatable bonds is 3. The molecule has 7 heteroatoms. The molecule has 0 spiro atoms. The van der Waals surface area contributed by atoms with Crippen molar-refractivity contribution in [3.63, 3.8) is 0 Å². The molecular formula is C22H16F4N2O. The van der Waals surface area contributed by atoms with E-state index in [2.05, 4.69) is 10.3 Å². The Morgan fingerprint density at radius 1 is 1.00 bits per heavy atom. The van der Waals surface area contributed by atoms with E-state index in [9.17, 15) is 22.4 Å². The number of benzene rings is 2. The molecule has 3 nitrogen and oxygen atoms in total. The zero-order valence-electron chi connectivity index (χ0n) is 15.2. The summed E-state index contributed by atoms with van der Waals surface area (Å²) in [4.78, 5) is 16.2. The Morgan fingerprint density at radius 3 is 2.38 bits per heavy atom. The molecule has 1 aliphatic rings. The van der Waals surface area contributed by atoms with E-state index >= 15 is 0 Å². The van der Waals surface area contributed by atoms with E-state index in [1.54, 1.807) is 6.07 Å². The van der Waals surface area contributed by atoms with Crippen LogP contribution in [-0.2, 0) is 19.0 Å². The first-order valence-electron chi connectivity index (χ1n) is 9.08. The van der Waals surface area contributed by atoms with Crippen molar-refractivity contribution in [3.05, 3.63) is 82.8 Å². The number of alkyl halides is 3. The van der Waals surface area contributed by atoms with Crippen molar-refractivity contribution >= 4 is 11.7 Å². The fraction of sp³-hybridized carbons (Fsp3) is 0.182. The highest BCUT2D eigenvalue weighted by molar-refractivity contribution is 6.04. The van der Waals surface area contributed by atoms with Crippen LogP contribution in [0.2, 0.25) is 0 Å². The van der Waals surface area contributed by atoms with E-state index in [0.29, 0.717) is 12.0 Å². The molecule has 0 fully saturated rings. The summed E-state index contributed by atoms with van der Waals surface area (Å²) in [6.45, 7) is 0. The van der Waals surface area contributed by atoms with Crippen molar-refractivity contribution in [2.75, 3.05) is 5.32 Å². The van der Waals surface area contributed by atoms with Crippen molar-refractivity contribution in [1.82, 2.24) is 4.98 Å². The van der Waals surface area contributed by atoms with E-state index in [0.717, 1.165) is 30.0 Å². The van der Waals surface area contributed by atoms with Crippen molar-refractivity contribution in [2.45, 2.75) is 25.4 Å². The van der Waals surface area contributed by atoms with E-state index in [1.807, 2.05) is 0 Å². The molecule has 2 aromatic carbocycles. The molecule has 1 amide bonds. The lowest BCUT2D eigenvalue weighted by atomic mass is 9.95. The summed E-state index contributed by atoms with van der Waals surface area (Å²) in [7, 11) is 0. The minimum absolute atomic E-state index is 0.0673. The maximum absolute atomic E-state index is 13.7. The van der Waals surface area contributed by atoms with Crippen molar-refractivity contribution < 1.29 is 22.4 Å². The predicted octanol–water partition coefficient (Wildman–Crippen LogP) is 5.65. The van der Waals surface area contributed by atoms with Gasteiger partial charge in [0.15, 0.2) is 0 Å². The number of amides is 1. The maximum Gasteiger partial charge on any atom is 0.417 e. The van der Waals surface area contributed by atoms with Gasteiger partial charge in [0.1, 0.15) is 11.6 Å². The molecule has 1 aromatic heterocycles. The van der Waals surface area contributed by atoms with Gasteiger partial charge >= 0.3 is 6.18 Å². The molecule has 29 heavy (non-hydrogen) atoms. The Balaban J connectivity index is 1.63. The van der Waals surface area contributed by atoms with Gasteiger partial charge in [0.05, 0.1) is 11.1 Å². The molecule has 0 aliphatic heterocycles. The highest BCUT2D eigenvalue weighted by Crippen LogP contribution is 2.40. The summed E-state index contributed by atoms with van der Waals surface area (Å²) in [6, 6.07) is 11.2. The Labute approximate surface area is 164 Å². The quantitative estimate of drug-likeness (QED) is 0.578. The third kappa shape index (κ3) is 3.85. The zero-order chi connectivity index (χ0) is 20.6. The van der Waals surface area contributed by atoms with E-state index in [4.69, 9.17) is 0 Å². The Morgan fingerprint density at radius 2 is 1.72 bits per heavy atom.